The number of aromatic hydroxyl groups is 1. The average Bonchev–Trinajstić information content (AvgIpc) is 2.19. The zero-order chi connectivity index (χ0) is 13.4. The number of hydrogen-bond acceptors (Lipinski definition) is 2. The summed E-state index contributed by atoms with van der Waals surface area (Å²) in [7, 11) is 0. The van der Waals surface area contributed by atoms with Crippen LogP contribution in [-0.4, -0.2) is 16.8 Å². The lowest BCUT2D eigenvalue weighted by Gasteiger charge is -2.28. The van der Waals surface area contributed by atoms with Gasteiger partial charge in [0.05, 0.1) is 6.61 Å². The molecule has 0 amide bonds. The zero-order valence-corrected chi connectivity index (χ0v) is 11.8. The van der Waals surface area contributed by atoms with E-state index in [-0.39, 0.29) is 17.4 Å². The normalized spacial score (nSPS) is 12.9. The molecule has 1 rings (SSSR count). The maximum atomic E-state index is 10.1. The maximum Gasteiger partial charge on any atom is 0.122 e. The van der Waals surface area contributed by atoms with Crippen molar-refractivity contribution in [1.29, 1.82) is 0 Å². The van der Waals surface area contributed by atoms with Crippen LogP contribution in [0.15, 0.2) is 12.1 Å². The Morgan fingerprint density at radius 2 is 1.59 bits per heavy atom. The highest BCUT2D eigenvalue weighted by Gasteiger charge is 2.25. The molecule has 0 spiro atoms. The van der Waals surface area contributed by atoms with Crippen molar-refractivity contribution >= 4 is 0 Å². The minimum Gasteiger partial charge on any atom is -0.507 e. The lowest BCUT2D eigenvalue weighted by molar-refractivity contribution is 0.218. The van der Waals surface area contributed by atoms with Crippen LogP contribution in [0.2, 0.25) is 0 Å². The van der Waals surface area contributed by atoms with Crippen molar-refractivity contribution in [3.8, 4) is 5.75 Å². The Balaban J connectivity index is 3.45. The number of rotatable bonds is 2. The molecule has 0 aliphatic rings. The summed E-state index contributed by atoms with van der Waals surface area (Å²) in [5.41, 5.74) is 2.50. The highest BCUT2D eigenvalue weighted by molar-refractivity contribution is 5.48. The second-order valence-corrected chi connectivity index (χ2v) is 6.48. The molecule has 0 unspecified atom stereocenters. The van der Waals surface area contributed by atoms with Gasteiger partial charge in [0, 0.05) is 5.41 Å². The van der Waals surface area contributed by atoms with Crippen LogP contribution in [0.25, 0.3) is 0 Å². The number of hydrogen-bond donors (Lipinski definition) is 2. The second kappa shape index (κ2) is 4.34. The van der Waals surface area contributed by atoms with Gasteiger partial charge in [-0.05, 0) is 29.0 Å². The Morgan fingerprint density at radius 3 is 2.00 bits per heavy atom. The van der Waals surface area contributed by atoms with E-state index in [4.69, 9.17) is 0 Å². The molecule has 17 heavy (non-hydrogen) atoms. The summed E-state index contributed by atoms with van der Waals surface area (Å²) in [6.45, 7) is 12.3. The number of phenols is 1. The topological polar surface area (TPSA) is 40.5 Å². The first-order chi connectivity index (χ1) is 7.59. The molecule has 0 bridgehead atoms. The second-order valence-electron chi connectivity index (χ2n) is 6.48. The van der Waals surface area contributed by atoms with Gasteiger partial charge in [0.25, 0.3) is 0 Å². The third-order valence-electron chi connectivity index (χ3n) is 3.29. The third-order valence-corrected chi connectivity index (χ3v) is 3.29. The zero-order valence-electron chi connectivity index (χ0n) is 11.8. The van der Waals surface area contributed by atoms with Crippen molar-refractivity contribution in [3.05, 3.63) is 28.8 Å². The van der Waals surface area contributed by atoms with Crippen LogP contribution < -0.4 is 0 Å². The van der Waals surface area contributed by atoms with Crippen molar-refractivity contribution < 1.29 is 10.2 Å². The highest BCUT2D eigenvalue weighted by atomic mass is 16.3. The molecule has 0 fully saturated rings. The fraction of sp³-hybridized carbons (Fsp3) is 0.600. The van der Waals surface area contributed by atoms with Gasteiger partial charge in [0.2, 0.25) is 0 Å². The molecule has 2 nitrogen and oxygen atoms in total. The summed E-state index contributed by atoms with van der Waals surface area (Å²) in [5.74, 6) is 0.370. The van der Waals surface area contributed by atoms with Crippen LogP contribution >= 0.6 is 0 Å². The third kappa shape index (κ3) is 2.81. The molecule has 96 valence electrons. The van der Waals surface area contributed by atoms with E-state index in [9.17, 15) is 10.2 Å². The Bertz CT molecular complexity index is 412. The molecule has 0 saturated carbocycles. The molecular formula is C15H24O2. The van der Waals surface area contributed by atoms with Gasteiger partial charge in [-0.1, -0.05) is 46.8 Å². The van der Waals surface area contributed by atoms with Crippen LogP contribution in [0, 0.1) is 6.92 Å². The highest BCUT2D eigenvalue weighted by Crippen LogP contribution is 2.37. The van der Waals surface area contributed by atoms with E-state index in [0.717, 1.165) is 16.7 Å². The Morgan fingerprint density at radius 1 is 1.06 bits per heavy atom. The summed E-state index contributed by atoms with van der Waals surface area (Å²) in [5, 5.41) is 19.6. The lowest BCUT2D eigenvalue weighted by atomic mass is 9.78. The maximum absolute atomic E-state index is 10.1. The summed E-state index contributed by atoms with van der Waals surface area (Å²) in [6.07, 6.45) is 0. The number of aliphatic hydroxyl groups is 1. The Hall–Kier alpha value is -1.02. The molecular weight excluding hydrogens is 212 g/mol. The van der Waals surface area contributed by atoms with E-state index in [1.54, 1.807) is 0 Å². The van der Waals surface area contributed by atoms with E-state index in [0.29, 0.717) is 5.75 Å². The lowest BCUT2D eigenvalue weighted by Crippen LogP contribution is -2.23. The quantitative estimate of drug-likeness (QED) is 0.827. The van der Waals surface area contributed by atoms with E-state index >= 15 is 0 Å². The van der Waals surface area contributed by atoms with Gasteiger partial charge in [0.1, 0.15) is 5.75 Å². The fourth-order valence-corrected chi connectivity index (χ4v) is 1.83. The number of benzene rings is 1. The summed E-state index contributed by atoms with van der Waals surface area (Å²) in [4.78, 5) is 0. The van der Waals surface area contributed by atoms with E-state index < -0.39 is 0 Å². The van der Waals surface area contributed by atoms with Crippen molar-refractivity contribution in [2.24, 2.45) is 0 Å². The molecule has 0 aromatic heterocycles. The number of aryl methyl sites for hydroxylation is 1. The van der Waals surface area contributed by atoms with E-state index in [2.05, 4.69) is 20.8 Å². The first-order valence-electron chi connectivity index (χ1n) is 6.05. The first kappa shape index (κ1) is 14.0. The van der Waals surface area contributed by atoms with Gasteiger partial charge in [-0.25, -0.2) is 0 Å². The van der Waals surface area contributed by atoms with Crippen molar-refractivity contribution in [2.45, 2.75) is 52.4 Å². The molecule has 2 heteroatoms. The van der Waals surface area contributed by atoms with Gasteiger partial charge in [0.15, 0.2) is 0 Å². The van der Waals surface area contributed by atoms with Crippen LogP contribution in [0.4, 0.5) is 0 Å². The standard InChI is InChI=1S/C15H24O2/c1-10-7-11(15(5,6)9-16)8-12(13(10)17)14(2,3)4/h7-8,16-17H,9H2,1-6H3. The smallest absolute Gasteiger partial charge is 0.122 e. The molecule has 2 N–H and O–H groups in total. The van der Waals surface area contributed by atoms with E-state index in [1.807, 2.05) is 32.9 Å². The predicted molar refractivity (Wildman–Crippen MR) is 71.7 cm³/mol. The van der Waals surface area contributed by atoms with Crippen LogP contribution in [-0.2, 0) is 10.8 Å². The molecule has 0 saturated heterocycles. The van der Waals surface area contributed by atoms with Gasteiger partial charge in [-0.3, -0.25) is 0 Å². The Kier molecular flexibility index (Phi) is 3.58. The largest absolute Gasteiger partial charge is 0.507 e. The minimum atomic E-state index is -0.279. The predicted octanol–water partition coefficient (Wildman–Crippen LogP) is 3.27. The van der Waals surface area contributed by atoms with Gasteiger partial charge in [-0.2, -0.15) is 0 Å². The van der Waals surface area contributed by atoms with Crippen LogP contribution in [0.5, 0.6) is 5.75 Å². The van der Waals surface area contributed by atoms with Crippen molar-refractivity contribution in [2.75, 3.05) is 6.61 Å². The SMILES string of the molecule is Cc1cc(C(C)(C)CO)cc(C(C)(C)C)c1O. The monoisotopic (exact) mass is 236 g/mol. The summed E-state index contributed by atoms with van der Waals surface area (Å²) >= 11 is 0. The van der Waals surface area contributed by atoms with Gasteiger partial charge in [-0.15, -0.1) is 0 Å². The van der Waals surface area contributed by atoms with E-state index in [1.165, 1.54) is 0 Å². The molecule has 0 heterocycles. The number of aliphatic hydroxyl groups excluding tert-OH is 1. The number of phenolic OH excluding ortho intramolecular Hbond substituents is 1. The fourth-order valence-electron chi connectivity index (χ4n) is 1.83. The average molecular weight is 236 g/mol. The van der Waals surface area contributed by atoms with Crippen molar-refractivity contribution in [1.82, 2.24) is 0 Å². The molecule has 1 aromatic rings. The molecule has 0 aliphatic carbocycles. The summed E-state index contributed by atoms with van der Waals surface area (Å²) in [6, 6.07) is 3.97. The van der Waals surface area contributed by atoms with Crippen LogP contribution in [0.3, 0.4) is 0 Å². The first-order valence-corrected chi connectivity index (χ1v) is 6.05. The molecule has 0 aliphatic heterocycles. The molecule has 0 atom stereocenters. The molecule has 0 radical (unpaired) electrons. The van der Waals surface area contributed by atoms with Gasteiger partial charge >= 0.3 is 0 Å². The minimum absolute atomic E-state index is 0.0980. The van der Waals surface area contributed by atoms with Crippen LogP contribution in [0.1, 0.15) is 51.3 Å². The molecule has 1 aromatic carbocycles. The summed E-state index contributed by atoms with van der Waals surface area (Å²) < 4.78 is 0. The Labute approximate surface area is 104 Å². The van der Waals surface area contributed by atoms with Gasteiger partial charge < -0.3 is 10.2 Å². The van der Waals surface area contributed by atoms with Crippen molar-refractivity contribution in [3.63, 3.8) is 0 Å².